The van der Waals surface area contributed by atoms with Gasteiger partial charge in [0.15, 0.2) is 5.78 Å². The molecule has 0 heterocycles. The molecule has 0 saturated heterocycles. The molecule has 4 saturated carbocycles. The number of rotatable bonds is 16. The molecule has 0 aromatic carbocycles. The molecule has 0 aromatic heterocycles. The maximum absolute atomic E-state index is 14.3. The largest absolute Gasteiger partial charge is 0.481 e. The SMILES string of the molecule is C[C@H]1C(=O)CC[C@]2(C)[C@H]3C(=O)C=C4C(CC[C@@]5(C)CC[C@](C)(C(=O)NCCOCCOCCOCCOCCC(=O)O)C[C@H]45)[C@]3(C)CC[C@@H]12. The van der Waals surface area contributed by atoms with E-state index in [9.17, 15) is 19.2 Å². The van der Waals surface area contributed by atoms with Gasteiger partial charge >= 0.3 is 5.97 Å². The quantitative estimate of drug-likeness (QED) is 0.204. The van der Waals surface area contributed by atoms with Gasteiger partial charge in [-0.2, -0.15) is 0 Å². The summed E-state index contributed by atoms with van der Waals surface area (Å²) < 4.78 is 21.8. The molecule has 0 bridgehead atoms. The highest BCUT2D eigenvalue weighted by atomic mass is 16.6. The van der Waals surface area contributed by atoms with Gasteiger partial charge in [-0.3, -0.25) is 19.2 Å². The van der Waals surface area contributed by atoms with Crippen LogP contribution < -0.4 is 5.32 Å². The highest BCUT2D eigenvalue weighted by molar-refractivity contribution is 5.96. The van der Waals surface area contributed by atoms with Crippen molar-refractivity contribution in [3.05, 3.63) is 11.6 Å². The number of hydrogen-bond acceptors (Lipinski definition) is 8. The number of carboxylic acid groups (broad SMARTS) is 1. The van der Waals surface area contributed by atoms with Gasteiger partial charge in [-0.1, -0.05) is 40.2 Å². The molecule has 5 aliphatic carbocycles. The van der Waals surface area contributed by atoms with Gasteiger partial charge in [0.25, 0.3) is 0 Å². The summed E-state index contributed by atoms with van der Waals surface area (Å²) >= 11 is 0. The van der Waals surface area contributed by atoms with E-state index in [0.29, 0.717) is 70.9 Å². The standard InChI is InChI=1S/C39H61NO9/c1-26-28-7-11-39(5)29-6-10-36(2)13-14-37(3,25-30(36)27(29)24-32(42)34(39)38(28,4)12-8-31(26)41)35(45)40-15-17-47-19-21-49-23-22-48-20-18-46-16-9-33(43)44/h24,26,28-30,34H,6-23,25H2,1-5H3,(H,40,45)(H,43,44)/t26-,28+,29?,30-,34-,36+,37+,38+,39+/m1/s1. The van der Waals surface area contributed by atoms with E-state index in [1.165, 1.54) is 5.57 Å². The summed E-state index contributed by atoms with van der Waals surface area (Å²) in [7, 11) is 0. The van der Waals surface area contributed by atoms with E-state index in [2.05, 4.69) is 39.9 Å². The van der Waals surface area contributed by atoms with Crippen LogP contribution in [0.2, 0.25) is 0 Å². The van der Waals surface area contributed by atoms with E-state index >= 15 is 0 Å². The first-order chi connectivity index (χ1) is 23.3. The summed E-state index contributed by atoms with van der Waals surface area (Å²) in [6.45, 7) is 14.7. The molecule has 0 radical (unpaired) electrons. The third kappa shape index (κ3) is 7.87. The van der Waals surface area contributed by atoms with Crippen LogP contribution in [0.3, 0.4) is 0 Å². The normalized spacial score (nSPS) is 38.5. The number of carboxylic acids is 1. The van der Waals surface area contributed by atoms with Gasteiger partial charge < -0.3 is 29.4 Å². The number of carbonyl (C=O) groups is 4. The van der Waals surface area contributed by atoms with Crippen molar-refractivity contribution in [2.45, 2.75) is 98.8 Å². The fraction of sp³-hybridized carbons (Fsp3) is 0.846. The molecular formula is C39H61NO9. The molecule has 0 aliphatic heterocycles. The lowest BCUT2D eigenvalue weighted by Crippen LogP contribution is -2.61. The van der Waals surface area contributed by atoms with E-state index in [-0.39, 0.29) is 64.6 Å². The lowest BCUT2D eigenvalue weighted by atomic mass is 9.38. The fourth-order valence-electron chi connectivity index (χ4n) is 10.9. The minimum Gasteiger partial charge on any atom is -0.481 e. The van der Waals surface area contributed by atoms with Gasteiger partial charge in [-0.15, -0.1) is 0 Å². The molecule has 4 fully saturated rings. The average molecular weight is 688 g/mol. The third-order valence-electron chi connectivity index (χ3n) is 13.8. The van der Waals surface area contributed by atoms with Crippen LogP contribution in [-0.2, 0) is 38.1 Å². The van der Waals surface area contributed by atoms with Crippen LogP contribution in [0.15, 0.2) is 11.6 Å². The van der Waals surface area contributed by atoms with Crippen molar-refractivity contribution >= 4 is 23.4 Å². The van der Waals surface area contributed by atoms with Gasteiger partial charge in [-0.05, 0) is 91.4 Å². The molecule has 2 N–H and O–H groups in total. The lowest BCUT2D eigenvalue weighted by molar-refractivity contribution is -0.165. The number of amides is 1. The van der Waals surface area contributed by atoms with Crippen LogP contribution in [0.1, 0.15) is 98.8 Å². The first-order valence-corrected chi connectivity index (χ1v) is 18.8. The van der Waals surface area contributed by atoms with Crippen LogP contribution in [0.25, 0.3) is 0 Å². The minimum absolute atomic E-state index is 0.0138. The Kier molecular flexibility index (Phi) is 12.1. The number of ketones is 2. The molecule has 0 aromatic rings. The van der Waals surface area contributed by atoms with E-state index in [1.807, 2.05) is 6.08 Å². The Balaban J connectivity index is 1.08. The van der Waals surface area contributed by atoms with E-state index in [1.54, 1.807) is 0 Å². The molecule has 1 amide bonds. The van der Waals surface area contributed by atoms with Crippen molar-refractivity contribution in [1.82, 2.24) is 5.32 Å². The van der Waals surface area contributed by atoms with E-state index in [4.69, 9.17) is 24.1 Å². The van der Waals surface area contributed by atoms with Gasteiger partial charge in [0, 0.05) is 30.2 Å². The number of nitrogens with one attached hydrogen (secondary N) is 1. The first kappa shape index (κ1) is 38.1. The van der Waals surface area contributed by atoms with Gasteiger partial charge in [0.05, 0.1) is 59.3 Å². The van der Waals surface area contributed by atoms with Crippen LogP contribution in [0, 0.1) is 51.2 Å². The number of fused-ring (bicyclic) bond motifs is 7. The summed E-state index contributed by atoms with van der Waals surface area (Å²) in [6.07, 6.45) is 10.3. The summed E-state index contributed by atoms with van der Waals surface area (Å²) in [5.74, 6) is 0.699. The number of aliphatic carboxylic acids is 1. The van der Waals surface area contributed by atoms with Crippen molar-refractivity contribution in [1.29, 1.82) is 0 Å². The summed E-state index contributed by atoms with van der Waals surface area (Å²) in [5.41, 5.74) is 0.684. The number of allylic oxidation sites excluding steroid dienone is 2. The van der Waals surface area contributed by atoms with E-state index < -0.39 is 11.4 Å². The Morgan fingerprint density at radius 1 is 0.796 bits per heavy atom. The highest BCUT2D eigenvalue weighted by Gasteiger charge is 2.65. The maximum atomic E-state index is 14.3. The van der Waals surface area contributed by atoms with Gasteiger partial charge in [0.1, 0.15) is 5.78 Å². The van der Waals surface area contributed by atoms with Gasteiger partial charge in [0.2, 0.25) is 5.91 Å². The number of hydrogen-bond donors (Lipinski definition) is 2. The van der Waals surface area contributed by atoms with Crippen molar-refractivity contribution < 1.29 is 43.2 Å². The van der Waals surface area contributed by atoms with Crippen molar-refractivity contribution in [2.75, 3.05) is 59.4 Å². The zero-order valence-electron chi connectivity index (χ0n) is 30.6. The monoisotopic (exact) mass is 687 g/mol. The first-order valence-electron chi connectivity index (χ1n) is 18.8. The second-order valence-corrected chi connectivity index (χ2v) is 16.8. The van der Waals surface area contributed by atoms with Crippen LogP contribution in [0.4, 0.5) is 0 Å². The molecule has 5 rings (SSSR count). The number of Topliss-reactive ketones (excluding diaryl/α,β-unsaturated/α-hetero) is 1. The minimum atomic E-state index is -0.880. The third-order valence-corrected chi connectivity index (χ3v) is 13.8. The Morgan fingerprint density at radius 3 is 2.08 bits per heavy atom. The van der Waals surface area contributed by atoms with Crippen LogP contribution in [-0.4, -0.2) is 87.9 Å². The Hall–Kier alpha value is -2.14. The van der Waals surface area contributed by atoms with Gasteiger partial charge in [-0.25, -0.2) is 0 Å². The molecule has 276 valence electrons. The van der Waals surface area contributed by atoms with Crippen molar-refractivity contribution in [3.63, 3.8) is 0 Å². The molecular weight excluding hydrogens is 626 g/mol. The smallest absolute Gasteiger partial charge is 0.305 e. The molecule has 49 heavy (non-hydrogen) atoms. The second kappa shape index (κ2) is 15.6. The molecule has 5 aliphatic rings. The van der Waals surface area contributed by atoms with Crippen LogP contribution in [0.5, 0.6) is 0 Å². The fourth-order valence-corrected chi connectivity index (χ4v) is 10.9. The van der Waals surface area contributed by atoms with Crippen molar-refractivity contribution in [3.8, 4) is 0 Å². The molecule has 9 atom stereocenters. The zero-order valence-corrected chi connectivity index (χ0v) is 30.6. The average Bonchev–Trinajstić information content (AvgIpc) is 3.04. The predicted octanol–water partition coefficient (Wildman–Crippen LogP) is 5.41. The lowest BCUT2D eigenvalue weighted by Gasteiger charge is -2.65. The van der Waals surface area contributed by atoms with E-state index in [0.717, 1.165) is 51.4 Å². The topological polar surface area (TPSA) is 137 Å². The summed E-state index contributed by atoms with van der Waals surface area (Å²) in [4.78, 5) is 51.1. The Labute approximate surface area is 292 Å². The zero-order chi connectivity index (χ0) is 35.5. The molecule has 1 unspecified atom stereocenters. The summed E-state index contributed by atoms with van der Waals surface area (Å²) in [6, 6.07) is 0. The summed E-state index contributed by atoms with van der Waals surface area (Å²) in [5, 5.41) is 11.7. The molecule has 10 nitrogen and oxygen atoms in total. The highest BCUT2D eigenvalue weighted by Crippen LogP contribution is 2.69. The van der Waals surface area contributed by atoms with Crippen LogP contribution >= 0.6 is 0 Å². The Morgan fingerprint density at radius 2 is 1.43 bits per heavy atom. The second-order valence-electron chi connectivity index (χ2n) is 16.8. The molecule has 0 spiro atoms. The van der Waals surface area contributed by atoms with Crippen molar-refractivity contribution in [2.24, 2.45) is 51.2 Å². The predicted molar refractivity (Wildman–Crippen MR) is 184 cm³/mol. The number of ether oxygens (including phenoxy) is 4. The Bertz CT molecular complexity index is 1270. The molecule has 10 heteroatoms. The number of carbonyl (C=O) groups excluding carboxylic acids is 3. The maximum Gasteiger partial charge on any atom is 0.305 e.